The van der Waals surface area contributed by atoms with E-state index in [0.717, 1.165) is 5.56 Å². The van der Waals surface area contributed by atoms with Crippen LogP contribution in [0.2, 0.25) is 0 Å². The lowest BCUT2D eigenvalue weighted by atomic mass is 10.2. The van der Waals surface area contributed by atoms with Gasteiger partial charge >= 0.3 is 5.97 Å². The van der Waals surface area contributed by atoms with Gasteiger partial charge in [0.25, 0.3) is 0 Å². The number of benzene rings is 2. The van der Waals surface area contributed by atoms with Gasteiger partial charge in [-0.25, -0.2) is 4.79 Å². The van der Waals surface area contributed by atoms with Crippen LogP contribution in [0.3, 0.4) is 0 Å². The first-order valence-corrected chi connectivity index (χ1v) is 8.66. The van der Waals surface area contributed by atoms with Crippen LogP contribution in [0, 0.1) is 0 Å². The number of hydrogen-bond donors (Lipinski definition) is 2. The lowest BCUT2D eigenvalue weighted by Crippen LogP contribution is -2.14. The van der Waals surface area contributed by atoms with Gasteiger partial charge in [-0.05, 0) is 43.2 Å². The molecule has 0 amide bonds. The molecule has 0 bridgehead atoms. The molecule has 0 fully saturated rings. The molecule has 2 aromatic rings. The molecule has 0 heterocycles. The Kier molecular flexibility index (Phi) is 7.85. The van der Waals surface area contributed by atoms with Crippen molar-refractivity contribution in [1.82, 2.24) is 0 Å². The second-order valence-electron chi connectivity index (χ2n) is 5.88. The molecule has 0 spiro atoms. The fourth-order valence-corrected chi connectivity index (χ4v) is 2.31. The van der Waals surface area contributed by atoms with Crippen LogP contribution in [0.1, 0.15) is 25.0 Å². The third kappa shape index (κ3) is 7.52. The largest absolute Gasteiger partial charge is 0.462 e. The SMILES string of the molecule is CC(O)Oc1ccc(/C=C/C(=O)OCCc2ccccc2)cc1OC(C)O. The predicted octanol–water partition coefficient (Wildman–Crippen LogP) is 2.92. The molecule has 27 heavy (non-hydrogen) atoms. The van der Waals surface area contributed by atoms with Crippen molar-refractivity contribution in [2.45, 2.75) is 32.8 Å². The summed E-state index contributed by atoms with van der Waals surface area (Å²) in [6, 6.07) is 14.6. The topological polar surface area (TPSA) is 85.2 Å². The van der Waals surface area contributed by atoms with E-state index in [1.807, 2.05) is 30.3 Å². The Morgan fingerprint density at radius 2 is 1.67 bits per heavy atom. The number of esters is 1. The fraction of sp³-hybridized carbons (Fsp3) is 0.286. The van der Waals surface area contributed by atoms with Crippen LogP contribution in [0.5, 0.6) is 11.5 Å². The first-order valence-electron chi connectivity index (χ1n) is 8.66. The number of hydrogen-bond acceptors (Lipinski definition) is 6. The Morgan fingerprint density at radius 3 is 2.33 bits per heavy atom. The Hall–Kier alpha value is -2.83. The van der Waals surface area contributed by atoms with E-state index in [4.69, 9.17) is 14.2 Å². The highest BCUT2D eigenvalue weighted by atomic mass is 16.6. The summed E-state index contributed by atoms with van der Waals surface area (Å²) in [4.78, 5) is 11.8. The third-order valence-electron chi connectivity index (χ3n) is 3.45. The number of rotatable bonds is 9. The second kappa shape index (κ2) is 10.4. The van der Waals surface area contributed by atoms with Crippen molar-refractivity contribution in [2.24, 2.45) is 0 Å². The van der Waals surface area contributed by atoms with Gasteiger partial charge < -0.3 is 24.4 Å². The van der Waals surface area contributed by atoms with E-state index in [1.54, 1.807) is 24.3 Å². The Balaban J connectivity index is 1.95. The second-order valence-corrected chi connectivity index (χ2v) is 5.88. The lowest BCUT2D eigenvalue weighted by Gasteiger charge is -2.16. The van der Waals surface area contributed by atoms with Crippen LogP contribution >= 0.6 is 0 Å². The molecule has 0 saturated carbocycles. The minimum atomic E-state index is -1.05. The van der Waals surface area contributed by atoms with Gasteiger partial charge in [-0.15, -0.1) is 0 Å². The Morgan fingerprint density at radius 1 is 1.00 bits per heavy atom. The van der Waals surface area contributed by atoms with Gasteiger partial charge in [-0.2, -0.15) is 0 Å². The maximum atomic E-state index is 11.8. The number of aliphatic hydroxyl groups is 2. The van der Waals surface area contributed by atoms with Crippen molar-refractivity contribution >= 4 is 12.0 Å². The Labute approximate surface area is 158 Å². The number of aliphatic hydroxyl groups excluding tert-OH is 2. The van der Waals surface area contributed by atoms with Gasteiger partial charge in [0, 0.05) is 12.5 Å². The molecule has 2 rings (SSSR count). The maximum absolute atomic E-state index is 11.8. The fourth-order valence-electron chi connectivity index (χ4n) is 2.31. The van der Waals surface area contributed by atoms with Crippen molar-refractivity contribution in [3.05, 3.63) is 65.7 Å². The predicted molar refractivity (Wildman–Crippen MR) is 101 cm³/mol. The van der Waals surface area contributed by atoms with Crippen LogP contribution < -0.4 is 9.47 Å². The summed E-state index contributed by atoms with van der Waals surface area (Å²) in [6.45, 7) is 3.22. The van der Waals surface area contributed by atoms with Crippen LogP contribution in [-0.2, 0) is 16.0 Å². The van der Waals surface area contributed by atoms with E-state index in [2.05, 4.69) is 0 Å². The van der Waals surface area contributed by atoms with Crippen molar-refractivity contribution in [2.75, 3.05) is 6.61 Å². The van der Waals surface area contributed by atoms with Gasteiger partial charge in [0.15, 0.2) is 24.1 Å². The minimum Gasteiger partial charge on any atom is -0.462 e. The smallest absolute Gasteiger partial charge is 0.330 e. The highest BCUT2D eigenvalue weighted by Crippen LogP contribution is 2.30. The van der Waals surface area contributed by atoms with Crippen LogP contribution in [0.15, 0.2) is 54.6 Å². The van der Waals surface area contributed by atoms with Gasteiger partial charge in [0.1, 0.15) is 0 Å². The summed E-state index contributed by atoms with van der Waals surface area (Å²) >= 11 is 0. The summed E-state index contributed by atoms with van der Waals surface area (Å²) < 4.78 is 15.7. The van der Waals surface area contributed by atoms with E-state index in [9.17, 15) is 15.0 Å². The third-order valence-corrected chi connectivity index (χ3v) is 3.45. The summed E-state index contributed by atoms with van der Waals surface area (Å²) in [5.74, 6) is 0.0900. The van der Waals surface area contributed by atoms with Gasteiger partial charge in [0.2, 0.25) is 0 Å². The highest BCUT2D eigenvalue weighted by Gasteiger charge is 2.10. The van der Waals surface area contributed by atoms with Gasteiger partial charge in [-0.3, -0.25) is 0 Å². The quantitative estimate of drug-likeness (QED) is 0.400. The molecule has 0 aliphatic heterocycles. The minimum absolute atomic E-state index is 0.255. The molecule has 0 aliphatic rings. The molecular formula is C21H24O6. The summed E-state index contributed by atoms with van der Waals surface area (Å²) in [7, 11) is 0. The zero-order valence-electron chi connectivity index (χ0n) is 15.4. The summed E-state index contributed by atoms with van der Waals surface area (Å²) in [5.41, 5.74) is 1.76. The van der Waals surface area contributed by atoms with Crippen molar-refractivity contribution in [3.8, 4) is 11.5 Å². The average molecular weight is 372 g/mol. The standard InChI is InChI=1S/C21H24O6/c1-15(22)26-19-10-8-18(14-20(19)27-16(2)23)9-11-21(24)25-13-12-17-6-4-3-5-7-17/h3-11,14-16,22-23H,12-13H2,1-2H3/b11-9+. The molecular weight excluding hydrogens is 348 g/mol. The van der Waals surface area contributed by atoms with Crippen molar-refractivity contribution in [1.29, 1.82) is 0 Å². The summed E-state index contributed by atoms with van der Waals surface area (Å²) in [5, 5.41) is 18.8. The molecule has 144 valence electrons. The molecule has 2 atom stereocenters. The van der Waals surface area contributed by atoms with E-state index in [-0.39, 0.29) is 11.5 Å². The summed E-state index contributed by atoms with van der Waals surface area (Å²) in [6.07, 6.45) is 1.47. The Bertz CT molecular complexity index is 753. The number of carbonyl (C=O) groups excluding carboxylic acids is 1. The van der Waals surface area contributed by atoms with Gasteiger partial charge in [-0.1, -0.05) is 36.4 Å². The zero-order chi connectivity index (χ0) is 19.6. The molecule has 6 heteroatoms. The maximum Gasteiger partial charge on any atom is 0.330 e. The highest BCUT2D eigenvalue weighted by molar-refractivity contribution is 5.87. The van der Waals surface area contributed by atoms with E-state index in [0.29, 0.717) is 18.6 Å². The van der Waals surface area contributed by atoms with E-state index >= 15 is 0 Å². The normalized spacial score (nSPS) is 13.2. The van der Waals surface area contributed by atoms with E-state index in [1.165, 1.54) is 19.9 Å². The molecule has 0 aromatic heterocycles. The molecule has 0 radical (unpaired) electrons. The first kappa shape index (κ1) is 20.5. The monoisotopic (exact) mass is 372 g/mol. The van der Waals surface area contributed by atoms with Crippen LogP contribution in [-0.4, -0.2) is 35.4 Å². The lowest BCUT2D eigenvalue weighted by molar-refractivity contribution is -0.137. The molecule has 2 unspecified atom stereocenters. The van der Waals surface area contributed by atoms with Crippen molar-refractivity contribution in [3.63, 3.8) is 0 Å². The van der Waals surface area contributed by atoms with Gasteiger partial charge in [0.05, 0.1) is 6.61 Å². The van der Waals surface area contributed by atoms with Crippen LogP contribution in [0.25, 0.3) is 6.08 Å². The number of carbonyl (C=O) groups is 1. The number of ether oxygens (including phenoxy) is 3. The zero-order valence-corrected chi connectivity index (χ0v) is 15.4. The van der Waals surface area contributed by atoms with E-state index < -0.39 is 18.5 Å². The van der Waals surface area contributed by atoms with Crippen LogP contribution in [0.4, 0.5) is 0 Å². The molecule has 2 N–H and O–H groups in total. The molecule has 0 aliphatic carbocycles. The average Bonchev–Trinajstić information content (AvgIpc) is 2.62. The molecule has 2 aromatic carbocycles. The van der Waals surface area contributed by atoms with Crippen molar-refractivity contribution < 1.29 is 29.2 Å². The molecule has 6 nitrogen and oxygen atoms in total. The first-order chi connectivity index (χ1) is 12.9. The molecule has 0 saturated heterocycles.